The van der Waals surface area contributed by atoms with E-state index in [4.69, 9.17) is 4.42 Å². The second kappa shape index (κ2) is 7.86. The summed E-state index contributed by atoms with van der Waals surface area (Å²) in [6.07, 6.45) is 2.56. The third kappa shape index (κ3) is 4.40. The van der Waals surface area contributed by atoms with E-state index in [1.807, 2.05) is 0 Å². The number of aromatic nitrogens is 2. The highest BCUT2D eigenvalue weighted by Gasteiger charge is 2.12. The molecule has 0 fully saturated rings. The highest BCUT2D eigenvalue weighted by molar-refractivity contribution is 6.00. The predicted octanol–water partition coefficient (Wildman–Crippen LogP) is 3.20. The van der Waals surface area contributed by atoms with Gasteiger partial charge in [0.15, 0.2) is 0 Å². The lowest BCUT2D eigenvalue weighted by Crippen LogP contribution is -2.07. The SMILES string of the molecule is O=C(/C=C/c1cccc([N+](=O)[O-])c1)Nc1nnc(-c2ccc([N+](=O)[O-])cc2)o1. The van der Waals surface area contributed by atoms with Gasteiger partial charge >= 0.3 is 6.01 Å². The molecule has 2 aromatic carbocycles. The van der Waals surface area contributed by atoms with Crippen LogP contribution < -0.4 is 5.32 Å². The van der Waals surface area contributed by atoms with E-state index in [1.54, 1.807) is 6.07 Å². The Morgan fingerprint density at radius 3 is 2.39 bits per heavy atom. The lowest BCUT2D eigenvalue weighted by molar-refractivity contribution is -0.385. The van der Waals surface area contributed by atoms with Crippen molar-refractivity contribution >= 4 is 29.4 Å². The molecule has 140 valence electrons. The number of benzene rings is 2. The summed E-state index contributed by atoms with van der Waals surface area (Å²) in [4.78, 5) is 32.3. The summed E-state index contributed by atoms with van der Waals surface area (Å²) in [5.41, 5.74) is 0.752. The molecule has 1 amide bonds. The molecule has 0 radical (unpaired) electrons. The third-order valence-electron chi connectivity index (χ3n) is 3.49. The summed E-state index contributed by atoms with van der Waals surface area (Å²) in [5, 5.41) is 31.2. The number of nitro groups is 2. The van der Waals surface area contributed by atoms with Crippen molar-refractivity contribution < 1.29 is 19.1 Å². The average molecular weight is 381 g/mol. The lowest BCUT2D eigenvalue weighted by Gasteiger charge is -1.96. The first-order valence-electron chi connectivity index (χ1n) is 7.74. The van der Waals surface area contributed by atoms with E-state index in [1.165, 1.54) is 48.5 Å². The molecule has 0 aliphatic heterocycles. The minimum Gasteiger partial charge on any atom is -0.403 e. The highest BCUT2D eigenvalue weighted by atomic mass is 16.6. The van der Waals surface area contributed by atoms with Crippen molar-refractivity contribution in [1.82, 2.24) is 10.2 Å². The highest BCUT2D eigenvalue weighted by Crippen LogP contribution is 2.22. The summed E-state index contributed by atoms with van der Waals surface area (Å²) >= 11 is 0. The van der Waals surface area contributed by atoms with Gasteiger partial charge in [-0.15, -0.1) is 5.10 Å². The number of nitrogens with zero attached hydrogens (tertiary/aromatic N) is 4. The van der Waals surface area contributed by atoms with Crippen molar-refractivity contribution in [2.75, 3.05) is 5.32 Å². The number of carbonyl (C=O) groups is 1. The number of hydrogen-bond acceptors (Lipinski definition) is 8. The zero-order valence-corrected chi connectivity index (χ0v) is 14.0. The molecule has 0 atom stereocenters. The molecule has 0 aliphatic carbocycles. The van der Waals surface area contributed by atoms with Crippen LogP contribution >= 0.6 is 0 Å². The molecule has 1 aromatic heterocycles. The van der Waals surface area contributed by atoms with Gasteiger partial charge in [0, 0.05) is 35.9 Å². The molecular weight excluding hydrogens is 370 g/mol. The zero-order valence-electron chi connectivity index (χ0n) is 14.0. The summed E-state index contributed by atoms with van der Waals surface area (Å²) < 4.78 is 5.30. The van der Waals surface area contributed by atoms with Crippen molar-refractivity contribution in [2.24, 2.45) is 0 Å². The molecule has 11 nitrogen and oxygen atoms in total. The first kappa shape index (κ1) is 18.4. The summed E-state index contributed by atoms with van der Waals surface area (Å²) in [7, 11) is 0. The van der Waals surface area contributed by atoms with Crippen LogP contribution in [0.25, 0.3) is 17.5 Å². The van der Waals surface area contributed by atoms with Gasteiger partial charge in [0.2, 0.25) is 5.89 Å². The van der Waals surface area contributed by atoms with E-state index in [2.05, 4.69) is 15.5 Å². The standard InChI is InChI=1S/C17H11N5O6/c23-15(9-4-11-2-1-3-14(10-11)22(26)27)18-17-20-19-16(28-17)12-5-7-13(8-6-12)21(24)25/h1-10H,(H,18,20,23)/b9-4+. The zero-order chi connectivity index (χ0) is 20.1. The number of non-ortho nitro benzene ring substituents is 2. The number of amides is 1. The van der Waals surface area contributed by atoms with Gasteiger partial charge < -0.3 is 4.42 Å². The van der Waals surface area contributed by atoms with Crippen molar-refractivity contribution in [3.05, 3.63) is 80.4 Å². The maximum atomic E-state index is 11.9. The van der Waals surface area contributed by atoms with E-state index in [0.717, 1.165) is 6.08 Å². The average Bonchev–Trinajstić information content (AvgIpc) is 3.15. The Morgan fingerprint density at radius 2 is 1.71 bits per heavy atom. The minimum absolute atomic E-state index is 0.0767. The molecule has 28 heavy (non-hydrogen) atoms. The molecule has 1 N–H and O–H groups in total. The number of anilines is 1. The minimum atomic E-state index is -0.578. The second-order valence-corrected chi connectivity index (χ2v) is 5.39. The molecule has 0 aliphatic rings. The number of nitrogens with one attached hydrogen (secondary N) is 1. The van der Waals surface area contributed by atoms with Crippen LogP contribution in [0.5, 0.6) is 0 Å². The van der Waals surface area contributed by atoms with Crippen LogP contribution in [0.15, 0.2) is 59.0 Å². The van der Waals surface area contributed by atoms with E-state index < -0.39 is 15.8 Å². The van der Waals surface area contributed by atoms with Gasteiger partial charge in [-0.2, -0.15) is 0 Å². The van der Waals surface area contributed by atoms with Crippen LogP contribution in [0, 0.1) is 20.2 Å². The van der Waals surface area contributed by atoms with Gasteiger partial charge in [0.25, 0.3) is 17.3 Å². The van der Waals surface area contributed by atoms with Crippen molar-refractivity contribution in [3.63, 3.8) is 0 Å². The van der Waals surface area contributed by atoms with Gasteiger partial charge in [-0.05, 0) is 23.8 Å². The summed E-state index contributed by atoms with van der Waals surface area (Å²) in [6, 6.07) is 11.1. The molecule has 3 rings (SSSR count). The van der Waals surface area contributed by atoms with Crippen LogP contribution in [0.1, 0.15) is 5.56 Å². The molecule has 0 saturated heterocycles. The summed E-state index contributed by atoms with van der Waals surface area (Å²) in [6.45, 7) is 0. The molecule has 11 heteroatoms. The number of rotatable bonds is 6. The fourth-order valence-corrected chi connectivity index (χ4v) is 2.18. The van der Waals surface area contributed by atoms with Crippen LogP contribution in [0.2, 0.25) is 0 Å². The molecule has 1 heterocycles. The van der Waals surface area contributed by atoms with Gasteiger partial charge in [0.1, 0.15) is 0 Å². The van der Waals surface area contributed by atoms with Gasteiger partial charge in [-0.1, -0.05) is 17.2 Å². The van der Waals surface area contributed by atoms with Crippen LogP contribution in [0.4, 0.5) is 17.4 Å². The Hall–Kier alpha value is -4.41. The Balaban J connectivity index is 1.66. The lowest BCUT2D eigenvalue weighted by atomic mass is 10.2. The van der Waals surface area contributed by atoms with Crippen LogP contribution in [-0.2, 0) is 4.79 Å². The second-order valence-electron chi connectivity index (χ2n) is 5.39. The van der Waals surface area contributed by atoms with Crippen molar-refractivity contribution in [2.45, 2.75) is 0 Å². The van der Waals surface area contributed by atoms with Crippen molar-refractivity contribution in [1.29, 1.82) is 0 Å². The Bertz CT molecular complexity index is 1070. The van der Waals surface area contributed by atoms with E-state index in [9.17, 15) is 25.0 Å². The van der Waals surface area contributed by atoms with E-state index in [0.29, 0.717) is 11.1 Å². The molecule has 3 aromatic rings. The number of carbonyl (C=O) groups excluding carboxylic acids is 1. The maximum absolute atomic E-state index is 11.9. The van der Waals surface area contributed by atoms with Gasteiger partial charge in [0.05, 0.1) is 9.85 Å². The topological polar surface area (TPSA) is 154 Å². The Kier molecular flexibility index (Phi) is 5.16. The van der Waals surface area contributed by atoms with E-state index >= 15 is 0 Å². The molecule has 0 saturated carbocycles. The molecule has 0 spiro atoms. The summed E-state index contributed by atoms with van der Waals surface area (Å²) in [5.74, 6) is -0.502. The van der Waals surface area contributed by atoms with Crippen LogP contribution in [0.3, 0.4) is 0 Å². The van der Waals surface area contributed by atoms with Gasteiger partial charge in [-0.3, -0.25) is 30.3 Å². The predicted molar refractivity (Wildman–Crippen MR) is 97.1 cm³/mol. The largest absolute Gasteiger partial charge is 0.403 e. The normalized spacial score (nSPS) is 10.7. The van der Waals surface area contributed by atoms with Crippen molar-refractivity contribution in [3.8, 4) is 11.5 Å². The first-order chi connectivity index (χ1) is 13.4. The van der Waals surface area contributed by atoms with Gasteiger partial charge in [-0.25, -0.2) is 0 Å². The Morgan fingerprint density at radius 1 is 1.00 bits per heavy atom. The quantitative estimate of drug-likeness (QED) is 0.388. The Labute approximate surface area is 156 Å². The fourth-order valence-electron chi connectivity index (χ4n) is 2.18. The monoisotopic (exact) mass is 381 g/mol. The first-order valence-corrected chi connectivity index (χ1v) is 7.74. The number of nitro benzene ring substituents is 2. The maximum Gasteiger partial charge on any atom is 0.322 e. The fraction of sp³-hybridized carbons (Fsp3) is 0. The smallest absolute Gasteiger partial charge is 0.322 e. The third-order valence-corrected chi connectivity index (χ3v) is 3.49. The molecular formula is C17H11N5O6. The van der Waals surface area contributed by atoms with Crippen LogP contribution in [-0.4, -0.2) is 26.0 Å². The van der Waals surface area contributed by atoms with E-state index in [-0.39, 0.29) is 23.3 Å². The molecule has 0 unspecified atom stereocenters. The molecule has 0 bridgehead atoms. The number of hydrogen-bond donors (Lipinski definition) is 1.